The lowest BCUT2D eigenvalue weighted by Gasteiger charge is -2.01. The quantitative estimate of drug-likeness (QED) is 0.787. The van der Waals surface area contributed by atoms with Gasteiger partial charge in [0, 0.05) is 5.02 Å². The van der Waals surface area contributed by atoms with Gasteiger partial charge in [-0.05, 0) is 34.1 Å². The van der Waals surface area contributed by atoms with E-state index in [2.05, 4.69) is 26.2 Å². The maximum atomic E-state index is 5.84. The van der Waals surface area contributed by atoms with E-state index >= 15 is 0 Å². The third-order valence-electron chi connectivity index (χ3n) is 1.56. The zero-order valence-electron chi connectivity index (χ0n) is 6.48. The Bertz CT molecular complexity index is 427. The summed E-state index contributed by atoms with van der Waals surface area (Å²) < 4.78 is 2.46. The van der Waals surface area contributed by atoms with Crippen molar-refractivity contribution in [3.8, 4) is 5.69 Å². The molecule has 13 heavy (non-hydrogen) atoms. The minimum Gasteiger partial charge on any atom is -0.206 e. The fourth-order valence-electron chi connectivity index (χ4n) is 1.01. The standard InChI is InChI=1S/C8H5BrClN3/c9-8-5-11-12-13(8)7-3-1-2-6(10)4-7/h1-5H. The predicted molar refractivity (Wildman–Crippen MR) is 54.1 cm³/mol. The van der Waals surface area contributed by atoms with Crippen LogP contribution in [0.4, 0.5) is 0 Å². The number of nitrogens with zero attached hydrogens (tertiary/aromatic N) is 3. The van der Waals surface area contributed by atoms with Crippen LogP contribution in [0.15, 0.2) is 35.1 Å². The van der Waals surface area contributed by atoms with Gasteiger partial charge in [0.05, 0.1) is 11.9 Å². The highest BCUT2D eigenvalue weighted by atomic mass is 79.9. The van der Waals surface area contributed by atoms with E-state index in [4.69, 9.17) is 11.6 Å². The molecule has 0 aliphatic carbocycles. The molecule has 0 unspecified atom stereocenters. The van der Waals surface area contributed by atoms with Gasteiger partial charge < -0.3 is 0 Å². The van der Waals surface area contributed by atoms with Crippen LogP contribution in [0.2, 0.25) is 5.02 Å². The molecule has 1 aromatic heterocycles. The molecule has 0 radical (unpaired) electrons. The maximum absolute atomic E-state index is 5.84. The summed E-state index contributed by atoms with van der Waals surface area (Å²) in [5.74, 6) is 0. The van der Waals surface area contributed by atoms with Crippen molar-refractivity contribution in [3.63, 3.8) is 0 Å². The third-order valence-corrected chi connectivity index (χ3v) is 2.34. The van der Waals surface area contributed by atoms with E-state index in [-0.39, 0.29) is 0 Å². The van der Waals surface area contributed by atoms with Crippen molar-refractivity contribution in [2.75, 3.05) is 0 Å². The molecule has 0 bridgehead atoms. The Labute approximate surface area is 88.5 Å². The molecular formula is C8H5BrClN3. The van der Waals surface area contributed by atoms with Gasteiger partial charge in [-0.15, -0.1) is 5.10 Å². The van der Waals surface area contributed by atoms with Gasteiger partial charge in [0.15, 0.2) is 0 Å². The lowest BCUT2D eigenvalue weighted by atomic mass is 10.3. The highest BCUT2D eigenvalue weighted by molar-refractivity contribution is 9.10. The van der Waals surface area contributed by atoms with Crippen molar-refractivity contribution < 1.29 is 0 Å². The Balaban J connectivity index is 2.53. The first kappa shape index (κ1) is 8.72. The van der Waals surface area contributed by atoms with Gasteiger partial charge >= 0.3 is 0 Å². The predicted octanol–water partition coefficient (Wildman–Crippen LogP) is 2.68. The average Bonchev–Trinajstić information content (AvgIpc) is 2.51. The Kier molecular flexibility index (Phi) is 2.33. The molecule has 2 aromatic rings. The van der Waals surface area contributed by atoms with Crippen LogP contribution in [0.25, 0.3) is 5.69 Å². The van der Waals surface area contributed by atoms with Crippen LogP contribution < -0.4 is 0 Å². The highest BCUT2D eigenvalue weighted by Crippen LogP contribution is 2.17. The van der Waals surface area contributed by atoms with Gasteiger partial charge in [-0.3, -0.25) is 0 Å². The lowest BCUT2D eigenvalue weighted by Crippen LogP contribution is -1.96. The number of aromatic nitrogens is 3. The summed E-state index contributed by atoms with van der Waals surface area (Å²) in [5.41, 5.74) is 0.886. The molecule has 66 valence electrons. The Morgan fingerprint density at radius 1 is 1.38 bits per heavy atom. The van der Waals surface area contributed by atoms with Crippen LogP contribution in [0, 0.1) is 0 Å². The minimum atomic E-state index is 0.680. The van der Waals surface area contributed by atoms with E-state index in [1.165, 1.54) is 0 Å². The maximum Gasteiger partial charge on any atom is 0.130 e. The Hall–Kier alpha value is -0.870. The van der Waals surface area contributed by atoms with Crippen LogP contribution in [-0.2, 0) is 0 Å². The molecule has 5 heteroatoms. The highest BCUT2D eigenvalue weighted by Gasteiger charge is 2.02. The van der Waals surface area contributed by atoms with Crippen LogP contribution in [0.5, 0.6) is 0 Å². The monoisotopic (exact) mass is 257 g/mol. The molecule has 0 amide bonds. The summed E-state index contributed by atoms with van der Waals surface area (Å²) in [6.07, 6.45) is 1.63. The molecule has 0 aliphatic heterocycles. The lowest BCUT2D eigenvalue weighted by molar-refractivity contribution is 0.792. The fourth-order valence-corrected chi connectivity index (χ4v) is 1.56. The van der Waals surface area contributed by atoms with Crippen molar-refractivity contribution in [2.45, 2.75) is 0 Å². The zero-order valence-corrected chi connectivity index (χ0v) is 8.83. The van der Waals surface area contributed by atoms with Crippen molar-refractivity contribution in [1.29, 1.82) is 0 Å². The normalized spacial score (nSPS) is 10.3. The van der Waals surface area contributed by atoms with E-state index in [0.717, 1.165) is 10.3 Å². The second-order valence-corrected chi connectivity index (χ2v) is 3.70. The van der Waals surface area contributed by atoms with Gasteiger partial charge in [-0.2, -0.15) is 0 Å². The summed E-state index contributed by atoms with van der Waals surface area (Å²) in [7, 11) is 0. The summed E-state index contributed by atoms with van der Waals surface area (Å²) >= 11 is 9.16. The fraction of sp³-hybridized carbons (Fsp3) is 0. The summed E-state index contributed by atoms with van der Waals surface area (Å²) in [6, 6.07) is 7.41. The molecule has 0 N–H and O–H groups in total. The van der Waals surface area contributed by atoms with Crippen LogP contribution in [0.3, 0.4) is 0 Å². The first-order valence-electron chi connectivity index (χ1n) is 3.59. The summed E-state index contributed by atoms with van der Waals surface area (Å²) in [4.78, 5) is 0. The molecule has 1 heterocycles. The molecule has 0 spiro atoms. The number of hydrogen-bond donors (Lipinski definition) is 0. The van der Waals surface area contributed by atoms with Gasteiger partial charge in [0.2, 0.25) is 0 Å². The number of benzene rings is 1. The van der Waals surface area contributed by atoms with E-state index in [1.54, 1.807) is 10.9 Å². The van der Waals surface area contributed by atoms with Gasteiger partial charge in [-0.25, -0.2) is 4.68 Å². The first-order chi connectivity index (χ1) is 6.27. The van der Waals surface area contributed by atoms with E-state index in [1.807, 2.05) is 24.3 Å². The largest absolute Gasteiger partial charge is 0.206 e. The zero-order chi connectivity index (χ0) is 9.26. The minimum absolute atomic E-state index is 0.680. The second-order valence-electron chi connectivity index (χ2n) is 2.45. The number of rotatable bonds is 1. The van der Waals surface area contributed by atoms with E-state index in [0.29, 0.717) is 5.02 Å². The molecule has 0 fully saturated rings. The van der Waals surface area contributed by atoms with Crippen molar-refractivity contribution in [2.24, 2.45) is 0 Å². The van der Waals surface area contributed by atoms with Crippen LogP contribution >= 0.6 is 27.5 Å². The SMILES string of the molecule is Clc1cccc(-n2nncc2Br)c1. The average molecular weight is 259 g/mol. The Morgan fingerprint density at radius 3 is 2.85 bits per heavy atom. The van der Waals surface area contributed by atoms with Crippen molar-refractivity contribution in [1.82, 2.24) is 15.0 Å². The van der Waals surface area contributed by atoms with E-state index in [9.17, 15) is 0 Å². The smallest absolute Gasteiger partial charge is 0.130 e. The van der Waals surface area contributed by atoms with Crippen LogP contribution in [-0.4, -0.2) is 15.0 Å². The molecule has 1 aromatic carbocycles. The molecule has 2 rings (SSSR count). The number of hydrogen-bond acceptors (Lipinski definition) is 2. The molecule has 0 saturated heterocycles. The molecular weight excluding hydrogens is 253 g/mol. The van der Waals surface area contributed by atoms with Crippen molar-refractivity contribution in [3.05, 3.63) is 40.1 Å². The third kappa shape index (κ3) is 1.73. The van der Waals surface area contributed by atoms with E-state index < -0.39 is 0 Å². The number of halogens is 2. The summed E-state index contributed by atoms with van der Waals surface area (Å²) in [5, 5.41) is 8.32. The van der Waals surface area contributed by atoms with Crippen LogP contribution in [0.1, 0.15) is 0 Å². The molecule has 0 aliphatic rings. The van der Waals surface area contributed by atoms with Gasteiger partial charge in [-0.1, -0.05) is 22.9 Å². The van der Waals surface area contributed by atoms with Gasteiger partial charge in [0.25, 0.3) is 0 Å². The van der Waals surface area contributed by atoms with Gasteiger partial charge in [0.1, 0.15) is 4.60 Å². The molecule has 0 atom stereocenters. The molecule has 0 saturated carbocycles. The Morgan fingerprint density at radius 2 is 2.23 bits per heavy atom. The van der Waals surface area contributed by atoms with Crippen molar-refractivity contribution >= 4 is 27.5 Å². The summed E-state index contributed by atoms with van der Waals surface area (Å²) in [6.45, 7) is 0. The second kappa shape index (κ2) is 3.47. The first-order valence-corrected chi connectivity index (χ1v) is 4.76. The molecule has 3 nitrogen and oxygen atoms in total. The topological polar surface area (TPSA) is 30.7 Å².